The van der Waals surface area contributed by atoms with E-state index >= 15 is 0 Å². The Balaban J connectivity index is 1.19. The Bertz CT molecular complexity index is 1200. The van der Waals surface area contributed by atoms with E-state index in [1.54, 1.807) is 24.3 Å². The Kier molecular flexibility index (Phi) is 8.73. The molecule has 3 N–H and O–H groups in total. The van der Waals surface area contributed by atoms with E-state index in [2.05, 4.69) is 33.8 Å². The lowest BCUT2D eigenvalue weighted by Gasteiger charge is -2.36. The predicted molar refractivity (Wildman–Crippen MR) is 142 cm³/mol. The number of rotatable bonds is 11. The van der Waals surface area contributed by atoms with E-state index in [0.717, 1.165) is 48.9 Å². The maximum atomic E-state index is 12.7. The number of ether oxygens (including phenoxy) is 1. The molecule has 2 heterocycles. The molecule has 35 heavy (non-hydrogen) atoms. The number of benzene rings is 2. The van der Waals surface area contributed by atoms with Gasteiger partial charge in [0.2, 0.25) is 10.0 Å². The fraction of sp³-hybridized carbons (Fsp3) is 0.462. The summed E-state index contributed by atoms with van der Waals surface area (Å²) in [5.41, 5.74) is 2.16. The van der Waals surface area contributed by atoms with Crippen LogP contribution in [-0.4, -0.2) is 63.2 Å². The number of sulfonamides is 1. The highest BCUT2D eigenvalue weighted by atomic mass is 35.5. The summed E-state index contributed by atoms with van der Waals surface area (Å²) < 4.78 is 33.9. The Hall–Kier alpha value is -2.10. The summed E-state index contributed by atoms with van der Waals surface area (Å²) in [6, 6.07) is 13.4. The Labute approximate surface area is 213 Å². The maximum absolute atomic E-state index is 12.7. The number of aromatic amines is 1. The number of hydrogen-bond acceptors (Lipinski definition) is 5. The van der Waals surface area contributed by atoms with Crippen LogP contribution in [-0.2, 0) is 16.4 Å². The first-order chi connectivity index (χ1) is 16.8. The molecule has 2 atom stereocenters. The number of piperazine rings is 1. The van der Waals surface area contributed by atoms with Crippen molar-refractivity contribution < 1.29 is 13.2 Å². The van der Waals surface area contributed by atoms with Crippen molar-refractivity contribution in [2.24, 2.45) is 0 Å². The van der Waals surface area contributed by atoms with Gasteiger partial charge in [0.15, 0.2) is 0 Å². The second-order valence-corrected chi connectivity index (χ2v) is 11.6. The highest BCUT2D eigenvalue weighted by Gasteiger charge is 2.20. The van der Waals surface area contributed by atoms with Crippen molar-refractivity contribution in [1.82, 2.24) is 19.9 Å². The molecule has 1 aliphatic rings. The molecule has 0 saturated carbocycles. The molecule has 0 bridgehead atoms. The molecule has 1 aromatic heterocycles. The van der Waals surface area contributed by atoms with Gasteiger partial charge in [-0.25, -0.2) is 13.1 Å². The third-order valence-electron chi connectivity index (χ3n) is 6.30. The highest BCUT2D eigenvalue weighted by molar-refractivity contribution is 7.89. The van der Waals surface area contributed by atoms with Gasteiger partial charge in [0.1, 0.15) is 5.75 Å². The third kappa shape index (κ3) is 7.21. The summed E-state index contributed by atoms with van der Waals surface area (Å²) in [6.07, 6.45) is 4.33. The molecular weight excluding hydrogens is 484 g/mol. The first-order valence-electron chi connectivity index (χ1n) is 12.3. The zero-order valence-corrected chi connectivity index (χ0v) is 22.0. The summed E-state index contributed by atoms with van der Waals surface area (Å²) in [4.78, 5) is 5.93. The van der Waals surface area contributed by atoms with Crippen LogP contribution in [0.5, 0.6) is 5.75 Å². The average Bonchev–Trinajstić information content (AvgIpc) is 3.21. The number of fused-ring (bicyclic) bond motifs is 1. The van der Waals surface area contributed by atoms with Gasteiger partial charge < -0.3 is 19.9 Å². The number of aromatic nitrogens is 1. The Morgan fingerprint density at radius 3 is 2.57 bits per heavy atom. The van der Waals surface area contributed by atoms with Gasteiger partial charge in [0.05, 0.1) is 11.5 Å². The first kappa shape index (κ1) is 26.0. The van der Waals surface area contributed by atoms with E-state index in [9.17, 15) is 8.42 Å². The molecule has 0 aliphatic carbocycles. The van der Waals surface area contributed by atoms with Gasteiger partial charge in [-0.3, -0.25) is 0 Å². The van der Waals surface area contributed by atoms with Gasteiger partial charge in [0, 0.05) is 60.4 Å². The third-order valence-corrected chi connectivity index (χ3v) is 8.01. The van der Waals surface area contributed by atoms with Crippen molar-refractivity contribution in [3.63, 3.8) is 0 Å². The molecule has 2 aromatic carbocycles. The molecule has 0 amide bonds. The number of nitrogens with zero attached hydrogens (tertiary/aromatic N) is 1. The lowest BCUT2D eigenvalue weighted by molar-refractivity contribution is 0.161. The molecule has 0 radical (unpaired) electrons. The van der Waals surface area contributed by atoms with Gasteiger partial charge in [-0.1, -0.05) is 11.6 Å². The van der Waals surface area contributed by atoms with Crippen LogP contribution in [0.1, 0.15) is 32.3 Å². The number of halogens is 1. The quantitative estimate of drug-likeness (QED) is 0.331. The number of hydrogen-bond donors (Lipinski definition) is 3. The van der Waals surface area contributed by atoms with Gasteiger partial charge in [0.25, 0.3) is 0 Å². The molecule has 190 valence electrons. The van der Waals surface area contributed by atoms with Gasteiger partial charge >= 0.3 is 0 Å². The molecule has 1 aliphatic heterocycles. The molecule has 9 heteroatoms. The summed E-state index contributed by atoms with van der Waals surface area (Å²) >= 11 is 6.11. The van der Waals surface area contributed by atoms with Crippen LogP contribution in [0, 0.1) is 0 Å². The second kappa shape index (κ2) is 11.8. The van der Waals surface area contributed by atoms with Crippen molar-refractivity contribution in [2.45, 2.75) is 50.1 Å². The molecule has 7 nitrogen and oxygen atoms in total. The SMILES string of the molecule is C[C@@H]1CN(CCCOc2ccc(S(=O)(=O)NCCCc3c[nH]c4ccc(Cl)cc34)cc2)C[C@H](C)N1. The predicted octanol–water partition coefficient (Wildman–Crippen LogP) is 4.18. The summed E-state index contributed by atoms with van der Waals surface area (Å²) in [6.45, 7) is 8.50. The first-order valence-corrected chi connectivity index (χ1v) is 14.1. The van der Waals surface area contributed by atoms with E-state index in [1.807, 2.05) is 24.4 Å². The van der Waals surface area contributed by atoms with Gasteiger partial charge in [-0.15, -0.1) is 0 Å². The van der Waals surface area contributed by atoms with Crippen LogP contribution >= 0.6 is 11.6 Å². The minimum atomic E-state index is -3.56. The average molecular weight is 519 g/mol. The molecule has 3 aromatic rings. The zero-order chi connectivity index (χ0) is 24.8. The van der Waals surface area contributed by atoms with Crippen LogP contribution in [0.2, 0.25) is 5.02 Å². The van der Waals surface area contributed by atoms with Crippen LogP contribution in [0.25, 0.3) is 10.9 Å². The van der Waals surface area contributed by atoms with Crippen LogP contribution in [0.3, 0.4) is 0 Å². The molecule has 1 fully saturated rings. The van der Waals surface area contributed by atoms with Gasteiger partial charge in [-0.05, 0) is 81.1 Å². The fourth-order valence-electron chi connectivity index (χ4n) is 4.74. The zero-order valence-electron chi connectivity index (χ0n) is 20.4. The van der Waals surface area contributed by atoms with Crippen LogP contribution < -0.4 is 14.8 Å². The van der Waals surface area contributed by atoms with Gasteiger partial charge in [-0.2, -0.15) is 0 Å². The summed E-state index contributed by atoms with van der Waals surface area (Å²) in [5, 5.41) is 5.31. The minimum absolute atomic E-state index is 0.243. The molecule has 0 spiro atoms. The monoisotopic (exact) mass is 518 g/mol. The van der Waals surface area contributed by atoms with E-state index in [-0.39, 0.29) is 4.90 Å². The summed E-state index contributed by atoms with van der Waals surface area (Å²) in [7, 11) is -3.56. The molecular formula is C26H35ClN4O3S. The Morgan fingerprint density at radius 2 is 1.83 bits per heavy atom. The number of H-pyrrole nitrogens is 1. The molecule has 1 saturated heterocycles. The standard InChI is InChI=1S/C26H35ClN4O3S/c1-19-17-31(18-20(2)30-19)13-4-14-34-23-7-9-24(10-8-23)35(32,33)29-12-3-5-21-16-28-26-11-6-22(27)15-25(21)26/h6-11,15-16,19-20,28-30H,3-5,12-14,17-18H2,1-2H3/t19-,20+. The smallest absolute Gasteiger partial charge is 0.240 e. The number of nitrogens with one attached hydrogen (secondary N) is 3. The van der Waals surface area contributed by atoms with Crippen molar-refractivity contribution in [3.05, 3.63) is 59.2 Å². The molecule has 0 unspecified atom stereocenters. The maximum Gasteiger partial charge on any atom is 0.240 e. The highest BCUT2D eigenvalue weighted by Crippen LogP contribution is 2.23. The van der Waals surface area contributed by atoms with Crippen molar-refractivity contribution in [3.8, 4) is 5.75 Å². The molecule has 4 rings (SSSR count). The van der Waals surface area contributed by atoms with Crippen LogP contribution in [0.15, 0.2) is 53.6 Å². The largest absolute Gasteiger partial charge is 0.494 e. The van der Waals surface area contributed by atoms with Crippen LogP contribution in [0.4, 0.5) is 0 Å². The van der Waals surface area contributed by atoms with E-state index < -0.39 is 10.0 Å². The van der Waals surface area contributed by atoms with Crippen molar-refractivity contribution >= 4 is 32.5 Å². The van der Waals surface area contributed by atoms with Crippen molar-refractivity contribution in [2.75, 3.05) is 32.8 Å². The van der Waals surface area contributed by atoms with E-state index in [4.69, 9.17) is 16.3 Å². The Morgan fingerprint density at radius 1 is 1.09 bits per heavy atom. The lowest BCUT2D eigenvalue weighted by atomic mass is 10.1. The lowest BCUT2D eigenvalue weighted by Crippen LogP contribution is -2.54. The minimum Gasteiger partial charge on any atom is -0.494 e. The fourth-order valence-corrected chi connectivity index (χ4v) is 5.99. The topological polar surface area (TPSA) is 86.5 Å². The van der Waals surface area contributed by atoms with Crippen molar-refractivity contribution in [1.29, 1.82) is 0 Å². The number of aryl methyl sites for hydroxylation is 1. The second-order valence-electron chi connectivity index (χ2n) is 9.41. The summed E-state index contributed by atoms with van der Waals surface area (Å²) in [5.74, 6) is 0.684. The van der Waals surface area contributed by atoms with E-state index in [0.29, 0.717) is 42.4 Å². The normalized spacial score (nSPS) is 19.3. The van der Waals surface area contributed by atoms with E-state index in [1.165, 1.54) is 0 Å².